The van der Waals surface area contributed by atoms with Crippen molar-refractivity contribution in [2.24, 2.45) is 28.6 Å². The van der Waals surface area contributed by atoms with E-state index in [1.54, 1.807) is 12.5 Å². The quantitative estimate of drug-likeness (QED) is 0.622. The summed E-state index contributed by atoms with van der Waals surface area (Å²) in [4.78, 5) is 0. The predicted octanol–water partition coefficient (Wildman–Crippen LogP) is 5.04. The number of halogens is 1. The first-order chi connectivity index (χ1) is 10.3. The molecule has 0 aliphatic heterocycles. The summed E-state index contributed by atoms with van der Waals surface area (Å²) in [7, 11) is 0. The van der Waals surface area contributed by atoms with E-state index in [4.69, 9.17) is 0 Å². The van der Waals surface area contributed by atoms with Crippen molar-refractivity contribution >= 4 is 0 Å². The van der Waals surface area contributed by atoms with E-state index < -0.39 is 11.8 Å². The second kappa shape index (κ2) is 4.59. The van der Waals surface area contributed by atoms with E-state index in [-0.39, 0.29) is 5.41 Å². The largest absolute Gasteiger partial charge is 0.389 e. The average molecular weight is 306 g/mol. The van der Waals surface area contributed by atoms with Gasteiger partial charge < -0.3 is 5.11 Å². The van der Waals surface area contributed by atoms with Crippen LogP contribution in [0.3, 0.4) is 0 Å². The number of allylic oxidation sites excluding steroid dienone is 2. The van der Waals surface area contributed by atoms with Gasteiger partial charge in [-0.05, 0) is 80.5 Å². The molecule has 22 heavy (non-hydrogen) atoms. The summed E-state index contributed by atoms with van der Waals surface area (Å²) < 4.78 is 14.9. The van der Waals surface area contributed by atoms with Crippen molar-refractivity contribution < 1.29 is 9.50 Å². The third-order valence-electron chi connectivity index (χ3n) is 8.27. The van der Waals surface area contributed by atoms with Crippen LogP contribution < -0.4 is 0 Å². The maximum atomic E-state index is 14.9. The second-order valence-electron chi connectivity index (χ2n) is 9.40. The molecule has 4 aliphatic rings. The minimum Gasteiger partial charge on any atom is -0.389 e. The number of aliphatic hydroxyl groups excluding tert-OH is 1. The number of aliphatic hydroxyl groups is 1. The van der Waals surface area contributed by atoms with Gasteiger partial charge in [0, 0.05) is 0 Å². The molecular formula is C20H31FO. The van der Waals surface area contributed by atoms with Gasteiger partial charge in [0.2, 0.25) is 0 Å². The fourth-order valence-electron chi connectivity index (χ4n) is 7.00. The molecule has 0 saturated heterocycles. The van der Waals surface area contributed by atoms with Crippen LogP contribution in [0, 0.1) is 28.6 Å². The molecule has 3 fully saturated rings. The maximum Gasteiger partial charge on any atom is 0.134 e. The van der Waals surface area contributed by atoms with Crippen LogP contribution in [0.4, 0.5) is 4.39 Å². The Morgan fingerprint density at radius 2 is 1.91 bits per heavy atom. The predicted molar refractivity (Wildman–Crippen MR) is 87.2 cm³/mol. The molecule has 0 heterocycles. The van der Waals surface area contributed by atoms with Crippen molar-refractivity contribution in [1.82, 2.24) is 0 Å². The first-order valence-corrected chi connectivity index (χ1v) is 9.35. The molecule has 0 radical (unpaired) electrons. The van der Waals surface area contributed by atoms with Gasteiger partial charge in [-0.1, -0.05) is 31.9 Å². The highest BCUT2D eigenvalue weighted by atomic mass is 19.1. The molecule has 0 aromatic carbocycles. The van der Waals surface area contributed by atoms with Gasteiger partial charge >= 0.3 is 0 Å². The lowest BCUT2D eigenvalue weighted by atomic mass is 9.48. The number of hydrogen-bond donors (Lipinski definition) is 1. The first-order valence-electron chi connectivity index (χ1n) is 9.35. The summed E-state index contributed by atoms with van der Waals surface area (Å²) in [5.41, 5.74) is 0.459. The normalized spacial score (nSPS) is 57.6. The maximum absolute atomic E-state index is 14.9. The molecule has 4 rings (SSSR count). The van der Waals surface area contributed by atoms with E-state index in [2.05, 4.69) is 19.9 Å². The number of hydrogen-bond acceptors (Lipinski definition) is 1. The van der Waals surface area contributed by atoms with Crippen LogP contribution in [-0.4, -0.2) is 16.9 Å². The lowest BCUT2D eigenvalue weighted by Gasteiger charge is -2.57. The van der Waals surface area contributed by atoms with Gasteiger partial charge in [-0.3, -0.25) is 0 Å². The fourth-order valence-corrected chi connectivity index (χ4v) is 7.00. The molecule has 0 amide bonds. The molecule has 4 aliphatic carbocycles. The highest BCUT2D eigenvalue weighted by Gasteiger charge is 2.64. The molecule has 0 bridgehead atoms. The van der Waals surface area contributed by atoms with Gasteiger partial charge in [-0.2, -0.15) is 0 Å². The fraction of sp³-hybridized carbons (Fsp3) is 0.900. The molecule has 1 N–H and O–H groups in total. The van der Waals surface area contributed by atoms with E-state index >= 15 is 0 Å². The summed E-state index contributed by atoms with van der Waals surface area (Å²) in [6, 6.07) is 0. The average Bonchev–Trinajstić information content (AvgIpc) is 2.66. The molecule has 0 spiro atoms. The molecule has 3 saturated carbocycles. The van der Waals surface area contributed by atoms with E-state index in [0.29, 0.717) is 29.6 Å². The minimum atomic E-state index is -1.40. The Bertz CT molecular complexity index is 510. The van der Waals surface area contributed by atoms with E-state index in [1.165, 1.54) is 32.1 Å². The zero-order chi connectivity index (χ0) is 15.8. The van der Waals surface area contributed by atoms with Crippen molar-refractivity contribution in [3.8, 4) is 0 Å². The molecule has 2 heteroatoms. The standard InChI is InChI=1S/C20H31FO/c1-18-10-5-4-6-13(18)7-8-14-15(18)9-11-19(2)16(14)12-20(3,21)17(19)22/h7,14-17,22H,4-6,8-12H2,1-3H3/t14-,15+,16+,17-,18+,19+,20-/m1/s1. The van der Waals surface area contributed by atoms with Crippen LogP contribution in [0.2, 0.25) is 0 Å². The van der Waals surface area contributed by atoms with Crippen molar-refractivity contribution in [2.45, 2.75) is 83.9 Å². The van der Waals surface area contributed by atoms with Gasteiger partial charge in [-0.15, -0.1) is 0 Å². The minimum absolute atomic E-state index is 0.207. The first kappa shape index (κ1) is 15.2. The molecule has 7 atom stereocenters. The SMILES string of the molecule is C[C@]12CC[C@H]3[C@@H](CC=C4CCCC[C@@]43C)[C@@H]1C[C@@](C)(F)[C@@H]2O. The number of rotatable bonds is 0. The third-order valence-corrected chi connectivity index (χ3v) is 8.27. The molecule has 0 aromatic heterocycles. The van der Waals surface area contributed by atoms with Crippen LogP contribution >= 0.6 is 0 Å². The summed E-state index contributed by atoms with van der Waals surface area (Å²) in [6.07, 6.45) is 10.9. The molecule has 0 unspecified atom stereocenters. The topological polar surface area (TPSA) is 20.2 Å². The Balaban J connectivity index is 1.71. The lowest BCUT2D eigenvalue weighted by molar-refractivity contribution is -0.0829. The Hall–Kier alpha value is -0.370. The third kappa shape index (κ3) is 1.79. The zero-order valence-corrected chi connectivity index (χ0v) is 14.4. The van der Waals surface area contributed by atoms with Crippen LogP contribution in [0.15, 0.2) is 11.6 Å². The van der Waals surface area contributed by atoms with Gasteiger partial charge in [-0.25, -0.2) is 4.39 Å². The van der Waals surface area contributed by atoms with Crippen molar-refractivity contribution in [2.75, 3.05) is 0 Å². The summed E-state index contributed by atoms with van der Waals surface area (Å²) in [5.74, 6) is 1.65. The van der Waals surface area contributed by atoms with Gasteiger partial charge in [0.05, 0.1) is 6.10 Å². The molecule has 124 valence electrons. The summed E-state index contributed by atoms with van der Waals surface area (Å²) >= 11 is 0. The van der Waals surface area contributed by atoms with Crippen molar-refractivity contribution in [3.05, 3.63) is 11.6 Å². The summed E-state index contributed by atoms with van der Waals surface area (Å²) in [5, 5.41) is 10.6. The van der Waals surface area contributed by atoms with E-state index in [9.17, 15) is 9.50 Å². The Kier molecular flexibility index (Phi) is 3.16. The van der Waals surface area contributed by atoms with E-state index in [1.807, 2.05) is 0 Å². The summed E-state index contributed by atoms with van der Waals surface area (Å²) in [6.45, 7) is 6.27. The van der Waals surface area contributed by atoms with Crippen LogP contribution in [0.5, 0.6) is 0 Å². The molecule has 1 nitrogen and oxygen atoms in total. The smallest absolute Gasteiger partial charge is 0.134 e. The Morgan fingerprint density at radius 1 is 1.14 bits per heavy atom. The number of alkyl halides is 1. The monoisotopic (exact) mass is 306 g/mol. The second-order valence-corrected chi connectivity index (χ2v) is 9.40. The number of fused-ring (bicyclic) bond motifs is 5. The lowest BCUT2D eigenvalue weighted by Crippen LogP contribution is -2.50. The zero-order valence-electron chi connectivity index (χ0n) is 14.4. The molecular weight excluding hydrogens is 275 g/mol. The van der Waals surface area contributed by atoms with Crippen molar-refractivity contribution in [1.29, 1.82) is 0 Å². The highest BCUT2D eigenvalue weighted by Crippen LogP contribution is 2.66. The Morgan fingerprint density at radius 3 is 2.68 bits per heavy atom. The highest BCUT2D eigenvalue weighted by molar-refractivity contribution is 5.25. The van der Waals surface area contributed by atoms with Gasteiger partial charge in [0.25, 0.3) is 0 Å². The van der Waals surface area contributed by atoms with Gasteiger partial charge in [0.15, 0.2) is 0 Å². The van der Waals surface area contributed by atoms with Crippen LogP contribution in [-0.2, 0) is 0 Å². The Labute approximate surface area is 134 Å². The van der Waals surface area contributed by atoms with Gasteiger partial charge in [0.1, 0.15) is 5.67 Å². The van der Waals surface area contributed by atoms with Crippen LogP contribution in [0.1, 0.15) is 72.1 Å². The van der Waals surface area contributed by atoms with Crippen molar-refractivity contribution in [3.63, 3.8) is 0 Å². The molecule has 0 aromatic rings. The van der Waals surface area contributed by atoms with E-state index in [0.717, 1.165) is 12.8 Å². The van der Waals surface area contributed by atoms with Crippen LogP contribution in [0.25, 0.3) is 0 Å².